The number of amides is 1. The zero-order valence-electron chi connectivity index (χ0n) is 26.2. The molecule has 1 amide bonds. The quantitative estimate of drug-likeness (QED) is 0.150. The van der Waals surface area contributed by atoms with E-state index in [1.807, 2.05) is 21.0 Å². The minimum Gasteiger partial charge on any atom is -0.448 e. The van der Waals surface area contributed by atoms with Gasteiger partial charge in [-0.05, 0) is 56.8 Å². The maximum atomic E-state index is 14.0. The summed E-state index contributed by atoms with van der Waals surface area (Å²) in [6, 6.07) is 5.60. The number of oxazole rings is 1. The van der Waals surface area contributed by atoms with Crippen molar-refractivity contribution in [3.05, 3.63) is 17.8 Å². The summed E-state index contributed by atoms with van der Waals surface area (Å²) in [4.78, 5) is 31.3. The Morgan fingerprint density at radius 2 is 1.56 bits per heavy atom. The molecule has 11 heteroatoms. The molecule has 0 aliphatic carbocycles. The van der Waals surface area contributed by atoms with Crippen molar-refractivity contribution in [1.82, 2.24) is 15.2 Å². The molecule has 4 atom stereocenters. The van der Waals surface area contributed by atoms with Crippen molar-refractivity contribution in [1.29, 1.82) is 0 Å². The second kappa shape index (κ2) is 17.4. The van der Waals surface area contributed by atoms with Crippen LogP contribution >= 0.6 is 0 Å². The number of ether oxygens (including phenoxy) is 1. The highest BCUT2D eigenvalue weighted by Gasteiger charge is 2.46. The lowest BCUT2D eigenvalue weighted by Crippen LogP contribution is -2.61. The molecule has 0 aromatic carbocycles. The van der Waals surface area contributed by atoms with Gasteiger partial charge in [-0.1, -0.05) is 48.5 Å². The summed E-state index contributed by atoms with van der Waals surface area (Å²) in [5.41, 5.74) is 0.276. The van der Waals surface area contributed by atoms with Crippen LogP contribution in [0.2, 0.25) is 36.3 Å². The molecular formula is C28H55N3O6Si2. The molecule has 0 saturated carbocycles. The van der Waals surface area contributed by atoms with Crippen molar-refractivity contribution in [3.63, 3.8) is 0 Å². The number of aldehydes is 1. The van der Waals surface area contributed by atoms with Gasteiger partial charge in [0.1, 0.15) is 12.0 Å². The Morgan fingerprint density at radius 1 is 1.03 bits per heavy atom. The van der Waals surface area contributed by atoms with Gasteiger partial charge in [-0.25, -0.2) is 4.98 Å². The van der Waals surface area contributed by atoms with Gasteiger partial charge in [0.2, 0.25) is 0 Å². The van der Waals surface area contributed by atoms with Crippen LogP contribution in [0.5, 0.6) is 0 Å². The van der Waals surface area contributed by atoms with Crippen molar-refractivity contribution < 1.29 is 27.6 Å². The number of carbonyl (C=O) groups excluding carboxylic acids is 2. The maximum absolute atomic E-state index is 14.0. The summed E-state index contributed by atoms with van der Waals surface area (Å²) in [5.74, 6) is 0.297. The maximum Gasteiger partial charge on any atom is 0.250 e. The lowest BCUT2D eigenvalue weighted by Gasteiger charge is -2.44. The van der Waals surface area contributed by atoms with E-state index in [0.29, 0.717) is 31.7 Å². The molecule has 0 bridgehead atoms. The second-order valence-corrected chi connectivity index (χ2v) is 20.2. The normalized spacial score (nSPS) is 15.7. The number of aromatic nitrogens is 1. The molecule has 0 saturated heterocycles. The van der Waals surface area contributed by atoms with E-state index in [-0.39, 0.29) is 23.6 Å². The smallest absolute Gasteiger partial charge is 0.250 e. The molecule has 1 aromatic heterocycles. The number of nitrogens with zero attached hydrogens (tertiary/aromatic N) is 2. The number of likely N-dealkylation sites (N-methyl/N-ethyl adjacent to an activating group) is 1. The van der Waals surface area contributed by atoms with E-state index in [9.17, 15) is 9.59 Å². The first-order valence-electron chi connectivity index (χ1n) is 14.7. The molecule has 39 heavy (non-hydrogen) atoms. The zero-order valence-corrected chi connectivity index (χ0v) is 28.2. The summed E-state index contributed by atoms with van der Waals surface area (Å²) >= 11 is 0. The van der Waals surface area contributed by atoms with Gasteiger partial charge >= 0.3 is 0 Å². The van der Waals surface area contributed by atoms with Gasteiger partial charge in [0, 0.05) is 19.6 Å². The number of hydrogen-bond donors (Lipinski definition) is 1. The van der Waals surface area contributed by atoms with E-state index < -0.39 is 28.8 Å². The molecule has 9 nitrogen and oxygen atoms in total. The summed E-state index contributed by atoms with van der Waals surface area (Å²) in [7, 11) is 1.44. The first-order valence-corrected chi connectivity index (χ1v) is 19.8. The highest BCUT2D eigenvalue weighted by molar-refractivity contribution is 6.74. The van der Waals surface area contributed by atoms with Crippen LogP contribution in [0.4, 0.5) is 0 Å². The van der Waals surface area contributed by atoms with E-state index >= 15 is 0 Å². The number of nitrogens with one attached hydrogen (secondary N) is 1. The van der Waals surface area contributed by atoms with E-state index in [2.05, 4.69) is 56.7 Å². The van der Waals surface area contributed by atoms with Crippen molar-refractivity contribution in [2.45, 2.75) is 115 Å². The number of rotatable bonds is 21. The molecule has 0 unspecified atom stereocenters. The Balaban J connectivity index is 3.38. The van der Waals surface area contributed by atoms with Crippen LogP contribution < -0.4 is 5.32 Å². The van der Waals surface area contributed by atoms with Crippen LogP contribution in [0.25, 0.3) is 0 Å². The van der Waals surface area contributed by atoms with E-state index in [1.54, 1.807) is 7.11 Å². The van der Waals surface area contributed by atoms with Gasteiger partial charge in [-0.15, -0.1) is 0 Å². The van der Waals surface area contributed by atoms with E-state index in [0.717, 1.165) is 36.3 Å². The van der Waals surface area contributed by atoms with Crippen LogP contribution in [0, 0.1) is 0 Å². The molecule has 0 aliphatic rings. The Bertz CT molecular complexity index is 828. The fourth-order valence-electron chi connectivity index (χ4n) is 5.10. The lowest BCUT2D eigenvalue weighted by atomic mass is 10.0. The van der Waals surface area contributed by atoms with Crippen LogP contribution in [-0.4, -0.2) is 91.3 Å². The fraction of sp³-hybridized carbons (Fsp3) is 0.821. The molecular weight excluding hydrogens is 530 g/mol. The van der Waals surface area contributed by atoms with Gasteiger partial charge in [-0.2, -0.15) is 0 Å². The van der Waals surface area contributed by atoms with Crippen LogP contribution in [0.3, 0.4) is 0 Å². The average Bonchev–Trinajstić information content (AvgIpc) is 3.44. The predicted molar refractivity (Wildman–Crippen MR) is 161 cm³/mol. The Labute approximate surface area is 239 Å². The number of hydrogen-bond acceptors (Lipinski definition) is 8. The first-order chi connectivity index (χ1) is 18.5. The van der Waals surface area contributed by atoms with Gasteiger partial charge in [0.05, 0.1) is 18.8 Å². The van der Waals surface area contributed by atoms with Crippen molar-refractivity contribution in [2.24, 2.45) is 0 Å². The molecule has 226 valence electrons. The third-order valence-electron chi connectivity index (χ3n) is 8.52. The third kappa shape index (κ3) is 9.89. The minimum atomic E-state index is -2.17. The number of carbonyl (C=O) groups is 2. The topological polar surface area (TPSA) is 103 Å². The monoisotopic (exact) mass is 585 g/mol. The van der Waals surface area contributed by atoms with E-state index in [1.165, 1.54) is 6.26 Å². The van der Waals surface area contributed by atoms with Gasteiger partial charge in [0.25, 0.3) is 5.91 Å². The average molecular weight is 586 g/mol. The molecule has 0 radical (unpaired) electrons. The van der Waals surface area contributed by atoms with Crippen molar-refractivity contribution in [3.8, 4) is 0 Å². The Morgan fingerprint density at radius 3 is 2.00 bits per heavy atom. The molecule has 0 spiro atoms. The van der Waals surface area contributed by atoms with Gasteiger partial charge < -0.3 is 28.2 Å². The number of methoxy groups -OCH3 is 1. The zero-order chi connectivity index (χ0) is 29.6. The van der Waals surface area contributed by atoms with Crippen molar-refractivity contribution in [2.75, 3.05) is 34.4 Å². The summed E-state index contributed by atoms with van der Waals surface area (Å²) in [6.07, 6.45) is 1.45. The Kier molecular flexibility index (Phi) is 15.9. The highest BCUT2D eigenvalue weighted by atomic mass is 28.4. The van der Waals surface area contributed by atoms with Crippen LogP contribution in [0.15, 0.2) is 10.7 Å². The van der Waals surface area contributed by atoms with Crippen LogP contribution in [0.1, 0.15) is 77.2 Å². The molecule has 0 fully saturated rings. The van der Waals surface area contributed by atoms with Gasteiger partial charge in [-0.3, -0.25) is 9.59 Å². The summed E-state index contributed by atoms with van der Waals surface area (Å²) in [5, 5.41) is 3.15. The molecule has 0 aliphatic heterocycles. The fourth-order valence-corrected chi connectivity index (χ4v) is 10.7. The highest BCUT2D eigenvalue weighted by Crippen LogP contribution is 2.31. The first kappa shape index (κ1) is 35.7. The minimum absolute atomic E-state index is 0.0517. The lowest BCUT2D eigenvalue weighted by molar-refractivity contribution is -0.136. The standard InChI is InChI=1S/C28H55N3O6Si2/c1-11-38(12-2,13-3)36-25(24(21-34-10)31(8)9)26(37-39(14-4,15-5)16-6)27(33)29-18-17-22(7)28-30-23(19-32)20-35-28/h19-20,22,24-26H,11-18,21H2,1-10H3,(H,29,33)/t22-,24-,25-,26-/m0/s1. The van der Waals surface area contributed by atoms with Gasteiger partial charge in [0.15, 0.2) is 34.9 Å². The second-order valence-electron chi connectivity index (χ2n) is 10.8. The molecule has 1 heterocycles. The molecule has 1 rings (SSSR count). The SMILES string of the molecule is CC[Si](CC)(CC)O[C@H]([C@H](O[Si](CC)(CC)CC)C(=O)NCC[C@H](C)c1nc(C=O)co1)[C@H](COC)N(C)C. The van der Waals surface area contributed by atoms with Crippen molar-refractivity contribution >= 4 is 28.8 Å². The Hall–Kier alpha value is -1.38. The molecule has 1 aromatic rings. The molecule has 1 N–H and O–H groups in total. The summed E-state index contributed by atoms with van der Waals surface area (Å²) in [6.45, 7) is 16.0. The van der Waals surface area contributed by atoms with Crippen LogP contribution in [-0.2, 0) is 18.4 Å². The summed E-state index contributed by atoms with van der Waals surface area (Å²) < 4.78 is 25.2. The largest absolute Gasteiger partial charge is 0.448 e. The van der Waals surface area contributed by atoms with E-state index in [4.69, 9.17) is 18.0 Å². The third-order valence-corrected chi connectivity index (χ3v) is 17.8. The predicted octanol–water partition coefficient (Wildman–Crippen LogP) is 5.45.